The molecule has 3 heteroatoms. The molecule has 2 nitrogen and oxygen atoms in total. The monoisotopic (exact) mass is 241 g/mol. The van der Waals surface area contributed by atoms with Gasteiger partial charge in [-0.3, -0.25) is 0 Å². The van der Waals surface area contributed by atoms with Crippen LogP contribution in [-0.2, 0) is 0 Å². The molecular weight excluding hydrogens is 222 g/mol. The van der Waals surface area contributed by atoms with Crippen molar-refractivity contribution in [1.82, 2.24) is 0 Å². The lowest BCUT2D eigenvalue weighted by Gasteiger charge is -2.18. The molecule has 0 bridgehead atoms. The molecule has 3 N–H and O–H groups in total. The van der Waals surface area contributed by atoms with Crippen molar-refractivity contribution < 1.29 is 5.11 Å². The van der Waals surface area contributed by atoms with Crippen molar-refractivity contribution >= 4 is 12.4 Å². The largest absolute Gasteiger partial charge is 0.508 e. The SMILES string of the molecule is C=C(C)C[C@@H](N)c1c(C)cc(O)cc1C.Cl. The predicted octanol–water partition coefficient (Wildman–Crippen LogP) is 3.40. The van der Waals surface area contributed by atoms with Crippen LogP contribution in [0.1, 0.15) is 36.1 Å². The quantitative estimate of drug-likeness (QED) is 0.797. The smallest absolute Gasteiger partial charge is 0.116 e. The summed E-state index contributed by atoms with van der Waals surface area (Å²) in [5, 5.41) is 9.42. The summed E-state index contributed by atoms with van der Waals surface area (Å²) in [6.45, 7) is 9.79. The van der Waals surface area contributed by atoms with E-state index in [0.717, 1.165) is 28.7 Å². The lowest BCUT2D eigenvalue weighted by Crippen LogP contribution is -2.13. The summed E-state index contributed by atoms with van der Waals surface area (Å²) in [6.07, 6.45) is 0.784. The van der Waals surface area contributed by atoms with Crippen LogP contribution in [0.4, 0.5) is 0 Å². The summed E-state index contributed by atoms with van der Waals surface area (Å²) in [6, 6.07) is 3.48. The van der Waals surface area contributed by atoms with Crippen LogP contribution in [-0.4, -0.2) is 5.11 Å². The molecule has 0 aliphatic heterocycles. The molecule has 0 radical (unpaired) electrons. The third-order valence-electron chi connectivity index (χ3n) is 2.52. The zero-order valence-corrected chi connectivity index (χ0v) is 10.9. The van der Waals surface area contributed by atoms with Gasteiger partial charge in [0.15, 0.2) is 0 Å². The van der Waals surface area contributed by atoms with Gasteiger partial charge in [-0.2, -0.15) is 0 Å². The minimum absolute atomic E-state index is 0. The maximum Gasteiger partial charge on any atom is 0.116 e. The highest BCUT2D eigenvalue weighted by Crippen LogP contribution is 2.27. The van der Waals surface area contributed by atoms with Gasteiger partial charge in [-0.1, -0.05) is 5.57 Å². The molecule has 16 heavy (non-hydrogen) atoms. The third kappa shape index (κ3) is 3.54. The first-order valence-electron chi connectivity index (χ1n) is 5.12. The highest BCUT2D eigenvalue weighted by atomic mass is 35.5. The maximum atomic E-state index is 9.42. The van der Waals surface area contributed by atoms with Gasteiger partial charge >= 0.3 is 0 Å². The Morgan fingerprint density at radius 3 is 2.19 bits per heavy atom. The number of nitrogens with two attached hydrogens (primary N) is 1. The fourth-order valence-corrected chi connectivity index (χ4v) is 2.01. The zero-order valence-electron chi connectivity index (χ0n) is 10.1. The maximum absolute atomic E-state index is 9.42. The minimum atomic E-state index is -0.0249. The third-order valence-corrected chi connectivity index (χ3v) is 2.52. The second-order valence-corrected chi connectivity index (χ2v) is 4.26. The van der Waals surface area contributed by atoms with Gasteiger partial charge in [-0.05, 0) is 56.0 Å². The summed E-state index contributed by atoms with van der Waals surface area (Å²) in [5.74, 6) is 0.302. The van der Waals surface area contributed by atoms with Gasteiger partial charge < -0.3 is 10.8 Å². The fourth-order valence-electron chi connectivity index (χ4n) is 2.01. The Hall–Kier alpha value is -0.990. The van der Waals surface area contributed by atoms with E-state index in [2.05, 4.69) is 6.58 Å². The highest BCUT2D eigenvalue weighted by molar-refractivity contribution is 5.85. The van der Waals surface area contributed by atoms with E-state index >= 15 is 0 Å². The number of aryl methyl sites for hydroxylation is 2. The van der Waals surface area contributed by atoms with E-state index in [0.29, 0.717) is 5.75 Å². The van der Waals surface area contributed by atoms with Crippen LogP contribution in [0, 0.1) is 13.8 Å². The molecule has 1 rings (SSSR count). The van der Waals surface area contributed by atoms with Crippen LogP contribution in [0.5, 0.6) is 5.75 Å². The standard InChI is InChI=1S/C13H19NO.ClH/c1-8(2)5-12(14)13-9(3)6-11(15)7-10(13)4;/h6-7,12,15H,1,5,14H2,2-4H3;1H/t12-;/m1./s1. The van der Waals surface area contributed by atoms with Gasteiger partial charge in [0.2, 0.25) is 0 Å². The second kappa shape index (κ2) is 5.92. The number of phenolic OH excluding ortho intramolecular Hbond substituents is 1. The Morgan fingerprint density at radius 2 is 1.81 bits per heavy atom. The van der Waals surface area contributed by atoms with Crippen molar-refractivity contribution in [3.63, 3.8) is 0 Å². The summed E-state index contributed by atoms with van der Waals surface area (Å²) >= 11 is 0. The number of hydrogen-bond donors (Lipinski definition) is 2. The topological polar surface area (TPSA) is 46.2 Å². The van der Waals surface area contributed by atoms with Crippen LogP contribution in [0.2, 0.25) is 0 Å². The molecule has 0 saturated carbocycles. The molecule has 0 saturated heterocycles. The van der Waals surface area contributed by atoms with Crippen molar-refractivity contribution in [2.45, 2.75) is 33.2 Å². The molecule has 90 valence electrons. The van der Waals surface area contributed by atoms with Gasteiger partial charge in [0.05, 0.1) is 0 Å². The molecule has 0 aliphatic rings. The van der Waals surface area contributed by atoms with Gasteiger partial charge in [0, 0.05) is 6.04 Å². The molecule has 1 aromatic carbocycles. The Balaban J connectivity index is 0.00000225. The number of aromatic hydroxyl groups is 1. The van der Waals surface area contributed by atoms with Crippen LogP contribution >= 0.6 is 12.4 Å². The van der Waals surface area contributed by atoms with Gasteiger partial charge in [0.1, 0.15) is 5.75 Å². The molecule has 0 aromatic heterocycles. The summed E-state index contributed by atoms with van der Waals surface area (Å²) in [4.78, 5) is 0. The Labute approximate surface area is 104 Å². The number of phenols is 1. The van der Waals surface area contributed by atoms with Crippen molar-refractivity contribution in [2.75, 3.05) is 0 Å². The molecule has 0 spiro atoms. The van der Waals surface area contributed by atoms with Gasteiger partial charge in [-0.25, -0.2) is 0 Å². The highest BCUT2D eigenvalue weighted by Gasteiger charge is 2.12. The van der Waals surface area contributed by atoms with Crippen molar-refractivity contribution in [1.29, 1.82) is 0 Å². The first kappa shape index (κ1) is 15.0. The van der Waals surface area contributed by atoms with E-state index in [9.17, 15) is 5.11 Å². The van der Waals surface area contributed by atoms with E-state index < -0.39 is 0 Å². The molecule has 1 aromatic rings. The Morgan fingerprint density at radius 1 is 1.38 bits per heavy atom. The predicted molar refractivity (Wildman–Crippen MR) is 71.2 cm³/mol. The normalized spacial score (nSPS) is 11.8. The molecule has 0 unspecified atom stereocenters. The van der Waals surface area contributed by atoms with Crippen molar-refractivity contribution in [3.8, 4) is 5.75 Å². The van der Waals surface area contributed by atoms with E-state index in [4.69, 9.17) is 5.73 Å². The molecule has 1 atom stereocenters. The number of halogens is 1. The number of benzene rings is 1. The average molecular weight is 242 g/mol. The van der Waals surface area contributed by atoms with Crippen LogP contribution in [0.25, 0.3) is 0 Å². The Bertz CT molecular complexity index is 365. The first-order chi connectivity index (χ1) is 6.91. The summed E-state index contributed by atoms with van der Waals surface area (Å²) < 4.78 is 0. The first-order valence-corrected chi connectivity index (χ1v) is 5.12. The molecule has 0 amide bonds. The molecular formula is C13H20ClNO. The number of rotatable bonds is 3. The fraction of sp³-hybridized carbons (Fsp3) is 0.385. The molecule has 0 heterocycles. The van der Waals surface area contributed by atoms with Crippen LogP contribution < -0.4 is 5.73 Å². The van der Waals surface area contributed by atoms with Gasteiger partial charge in [0.25, 0.3) is 0 Å². The van der Waals surface area contributed by atoms with E-state index in [1.807, 2.05) is 20.8 Å². The number of hydrogen-bond acceptors (Lipinski definition) is 2. The lowest BCUT2D eigenvalue weighted by molar-refractivity contribution is 0.473. The molecule has 0 fully saturated rings. The van der Waals surface area contributed by atoms with Crippen molar-refractivity contribution in [2.24, 2.45) is 5.73 Å². The summed E-state index contributed by atoms with van der Waals surface area (Å²) in [5.41, 5.74) is 10.4. The van der Waals surface area contributed by atoms with E-state index in [1.54, 1.807) is 12.1 Å². The average Bonchev–Trinajstić information content (AvgIpc) is 1.99. The van der Waals surface area contributed by atoms with Crippen LogP contribution in [0.15, 0.2) is 24.3 Å². The molecule has 0 aliphatic carbocycles. The lowest BCUT2D eigenvalue weighted by atomic mass is 9.93. The minimum Gasteiger partial charge on any atom is -0.508 e. The summed E-state index contributed by atoms with van der Waals surface area (Å²) in [7, 11) is 0. The Kier molecular flexibility index (Phi) is 5.56. The van der Waals surface area contributed by atoms with Gasteiger partial charge in [-0.15, -0.1) is 19.0 Å². The van der Waals surface area contributed by atoms with E-state index in [1.165, 1.54) is 0 Å². The van der Waals surface area contributed by atoms with Crippen LogP contribution in [0.3, 0.4) is 0 Å². The van der Waals surface area contributed by atoms with Crippen molar-refractivity contribution in [3.05, 3.63) is 41.0 Å². The van der Waals surface area contributed by atoms with E-state index in [-0.39, 0.29) is 18.4 Å². The zero-order chi connectivity index (χ0) is 11.6. The second-order valence-electron chi connectivity index (χ2n) is 4.26.